The summed E-state index contributed by atoms with van der Waals surface area (Å²) < 4.78 is 0. The van der Waals surface area contributed by atoms with E-state index in [4.69, 9.17) is 0 Å². The van der Waals surface area contributed by atoms with Crippen molar-refractivity contribution in [1.82, 2.24) is 4.98 Å². The van der Waals surface area contributed by atoms with Crippen molar-refractivity contribution in [3.8, 4) is 11.8 Å². The first-order valence-electron chi connectivity index (χ1n) is 4.30. The lowest BCUT2D eigenvalue weighted by Gasteiger charge is -2.06. The van der Waals surface area contributed by atoms with Crippen molar-refractivity contribution in [1.29, 1.82) is 0 Å². The number of aliphatic hydroxyl groups is 1. The van der Waals surface area contributed by atoms with Gasteiger partial charge in [-0.15, -0.1) is 0 Å². The average Bonchev–Trinajstić information content (AvgIpc) is 2.14. The van der Waals surface area contributed by atoms with Gasteiger partial charge in [-0.2, -0.15) is 0 Å². The van der Waals surface area contributed by atoms with Crippen molar-refractivity contribution in [2.75, 3.05) is 0 Å². The molecule has 1 rings (SSSR count). The highest BCUT2D eigenvalue weighted by Crippen LogP contribution is 2.02. The van der Waals surface area contributed by atoms with E-state index < -0.39 is 11.6 Å². The number of aromatic nitrogens is 1. The lowest BCUT2D eigenvalue weighted by atomic mass is 10.1. The van der Waals surface area contributed by atoms with E-state index in [9.17, 15) is 15.0 Å². The summed E-state index contributed by atoms with van der Waals surface area (Å²) in [6, 6.07) is 1.35. The van der Waals surface area contributed by atoms with Crippen LogP contribution in [0.5, 0.6) is 0 Å². The molecule has 0 aliphatic heterocycles. The van der Waals surface area contributed by atoms with E-state index in [1.165, 1.54) is 32.3 Å². The van der Waals surface area contributed by atoms with Crippen molar-refractivity contribution < 1.29 is 15.0 Å². The number of carboxylic acids is 1. The molecule has 0 bridgehead atoms. The van der Waals surface area contributed by atoms with Gasteiger partial charge in [-0.25, -0.2) is 0 Å². The van der Waals surface area contributed by atoms with Crippen LogP contribution in [0.4, 0.5) is 0 Å². The summed E-state index contributed by atoms with van der Waals surface area (Å²) in [5.41, 5.74) is -0.714. The van der Waals surface area contributed by atoms with Gasteiger partial charge in [0.15, 0.2) is 0 Å². The third kappa shape index (κ3) is 3.79. The largest absolute Gasteiger partial charge is 0.545 e. The van der Waals surface area contributed by atoms with Crippen LogP contribution in [0.2, 0.25) is 0 Å². The Morgan fingerprint density at radius 2 is 2.20 bits per heavy atom. The summed E-state index contributed by atoms with van der Waals surface area (Å²) in [6.45, 7) is 3.08. The lowest BCUT2D eigenvalue weighted by Crippen LogP contribution is -2.22. The van der Waals surface area contributed by atoms with E-state index in [1.54, 1.807) is 0 Å². The highest BCUT2D eigenvalue weighted by Gasteiger charge is 2.05. The number of hydrogen-bond acceptors (Lipinski definition) is 4. The van der Waals surface area contributed by atoms with Gasteiger partial charge in [-0.3, -0.25) is 4.98 Å². The van der Waals surface area contributed by atoms with Crippen molar-refractivity contribution in [2.24, 2.45) is 0 Å². The number of nitrogens with zero attached hydrogens (tertiary/aromatic N) is 1. The van der Waals surface area contributed by atoms with Gasteiger partial charge in [0, 0.05) is 23.5 Å². The Balaban J connectivity index is 3.00. The van der Waals surface area contributed by atoms with E-state index in [-0.39, 0.29) is 5.56 Å². The summed E-state index contributed by atoms with van der Waals surface area (Å²) in [6.07, 6.45) is 2.61. The van der Waals surface area contributed by atoms with E-state index in [0.717, 1.165) is 0 Å². The molecule has 4 nitrogen and oxygen atoms in total. The molecule has 0 atom stereocenters. The third-order valence-corrected chi connectivity index (χ3v) is 1.49. The molecule has 1 N–H and O–H groups in total. The number of carbonyl (C=O) groups is 1. The van der Waals surface area contributed by atoms with Gasteiger partial charge in [-0.1, -0.05) is 11.8 Å². The molecule has 0 amide bonds. The van der Waals surface area contributed by atoms with E-state index >= 15 is 0 Å². The summed E-state index contributed by atoms with van der Waals surface area (Å²) in [5.74, 6) is 3.89. The van der Waals surface area contributed by atoms with Crippen molar-refractivity contribution in [3.63, 3.8) is 0 Å². The van der Waals surface area contributed by atoms with E-state index in [1.807, 2.05) is 0 Å². The van der Waals surface area contributed by atoms with Crippen LogP contribution in [0.15, 0.2) is 18.5 Å². The summed E-state index contributed by atoms with van der Waals surface area (Å²) in [4.78, 5) is 14.2. The third-order valence-electron chi connectivity index (χ3n) is 1.49. The Bertz CT molecular complexity index is 435. The normalized spacial score (nSPS) is 10.3. The number of rotatable bonds is 1. The van der Waals surface area contributed by atoms with Crippen LogP contribution in [0.1, 0.15) is 29.8 Å². The fourth-order valence-electron chi connectivity index (χ4n) is 0.845. The standard InChI is InChI=1S/C11H11NO3/c1-11(2,15)4-3-8-5-9(10(13)14)7-12-6-8/h5-7,15H,1-2H3,(H,13,14)/p-1. The fourth-order valence-corrected chi connectivity index (χ4v) is 0.845. The quantitative estimate of drug-likeness (QED) is 0.630. The lowest BCUT2D eigenvalue weighted by molar-refractivity contribution is -0.255. The molecule has 0 aliphatic carbocycles. The molecule has 0 radical (unpaired) electrons. The maximum atomic E-state index is 10.5. The molecule has 4 heteroatoms. The first kappa shape index (κ1) is 11.2. The van der Waals surface area contributed by atoms with Gasteiger partial charge in [0.2, 0.25) is 0 Å². The van der Waals surface area contributed by atoms with Crippen LogP contribution in [0.25, 0.3) is 0 Å². The highest BCUT2D eigenvalue weighted by molar-refractivity contribution is 5.85. The summed E-state index contributed by atoms with van der Waals surface area (Å²) in [5, 5.41) is 19.8. The number of carboxylic acid groups (broad SMARTS) is 1. The second kappa shape index (κ2) is 4.11. The first-order valence-corrected chi connectivity index (χ1v) is 4.30. The molecule has 1 aromatic heterocycles. The van der Waals surface area contributed by atoms with E-state index in [2.05, 4.69) is 16.8 Å². The zero-order chi connectivity index (χ0) is 11.5. The average molecular weight is 204 g/mol. The zero-order valence-corrected chi connectivity index (χ0v) is 8.44. The SMILES string of the molecule is CC(C)(O)C#Cc1cncc(C(=O)[O-])c1. The van der Waals surface area contributed by atoms with Crippen LogP contribution in [-0.4, -0.2) is 21.7 Å². The molecule has 1 aromatic rings. The Morgan fingerprint density at radius 3 is 2.73 bits per heavy atom. The molecule has 15 heavy (non-hydrogen) atoms. The monoisotopic (exact) mass is 204 g/mol. The molecular weight excluding hydrogens is 194 g/mol. The molecule has 0 saturated carbocycles. The topological polar surface area (TPSA) is 73.2 Å². The highest BCUT2D eigenvalue weighted by atomic mass is 16.4. The fraction of sp³-hybridized carbons (Fsp3) is 0.273. The molecule has 1 heterocycles. The minimum atomic E-state index is -1.30. The van der Waals surface area contributed by atoms with Gasteiger partial charge < -0.3 is 15.0 Å². The van der Waals surface area contributed by atoms with Crippen LogP contribution in [-0.2, 0) is 0 Å². The van der Waals surface area contributed by atoms with Gasteiger partial charge in [0.1, 0.15) is 5.60 Å². The second-order valence-electron chi connectivity index (χ2n) is 3.56. The van der Waals surface area contributed by atoms with Crippen LogP contribution < -0.4 is 5.11 Å². The molecule has 0 aromatic carbocycles. The number of pyridine rings is 1. The van der Waals surface area contributed by atoms with E-state index in [0.29, 0.717) is 5.56 Å². The molecule has 0 spiro atoms. The smallest absolute Gasteiger partial charge is 0.120 e. The first-order chi connectivity index (χ1) is 6.88. The van der Waals surface area contributed by atoms with Gasteiger partial charge >= 0.3 is 0 Å². The van der Waals surface area contributed by atoms with Gasteiger partial charge in [0.05, 0.1) is 5.97 Å². The maximum absolute atomic E-state index is 10.5. The maximum Gasteiger partial charge on any atom is 0.120 e. The molecule has 0 saturated heterocycles. The molecule has 0 unspecified atom stereocenters. The Labute approximate surface area is 87.6 Å². The number of aromatic carboxylic acids is 1. The van der Waals surface area contributed by atoms with Crippen molar-refractivity contribution in [3.05, 3.63) is 29.6 Å². The molecular formula is C11H10NO3-. The Morgan fingerprint density at radius 1 is 1.53 bits per heavy atom. The van der Waals surface area contributed by atoms with Crippen LogP contribution in [0, 0.1) is 11.8 Å². The predicted molar refractivity (Wildman–Crippen MR) is 51.7 cm³/mol. The minimum absolute atomic E-state index is 0.0301. The number of carbonyl (C=O) groups excluding carboxylic acids is 1. The van der Waals surface area contributed by atoms with Crippen LogP contribution in [0.3, 0.4) is 0 Å². The second-order valence-corrected chi connectivity index (χ2v) is 3.56. The Hall–Kier alpha value is -1.86. The van der Waals surface area contributed by atoms with Crippen LogP contribution >= 0.6 is 0 Å². The van der Waals surface area contributed by atoms with Gasteiger partial charge in [-0.05, 0) is 19.9 Å². The van der Waals surface area contributed by atoms with Crippen molar-refractivity contribution in [2.45, 2.75) is 19.4 Å². The van der Waals surface area contributed by atoms with Crippen molar-refractivity contribution >= 4 is 5.97 Å². The summed E-state index contributed by atoms with van der Waals surface area (Å²) in [7, 11) is 0. The predicted octanol–water partition coefficient (Wildman–Crippen LogP) is -0.433. The van der Waals surface area contributed by atoms with Gasteiger partial charge in [0.25, 0.3) is 0 Å². The molecule has 0 aliphatic rings. The number of hydrogen-bond donors (Lipinski definition) is 1. The molecule has 0 fully saturated rings. The minimum Gasteiger partial charge on any atom is -0.545 e. The summed E-state index contributed by atoms with van der Waals surface area (Å²) >= 11 is 0. The Kier molecular flexibility index (Phi) is 3.08. The zero-order valence-electron chi connectivity index (χ0n) is 8.44. The molecule has 78 valence electrons.